The van der Waals surface area contributed by atoms with E-state index >= 15 is 0 Å². The van der Waals surface area contributed by atoms with Gasteiger partial charge in [-0.25, -0.2) is 0 Å². The Bertz CT molecular complexity index is 1080. The van der Waals surface area contributed by atoms with Crippen LogP contribution in [0.15, 0.2) is 65.5 Å². The lowest BCUT2D eigenvalue weighted by atomic mass is 9.96. The number of pyridine rings is 1. The molecule has 2 amide bonds. The van der Waals surface area contributed by atoms with Crippen molar-refractivity contribution in [2.24, 2.45) is 5.92 Å². The molecule has 0 radical (unpaired) electrons. The molecule has 1 aliphatic rings. The number of rotatable bonds is 3. The van der Waals surface area contributed by atoms with Gasteiger partial charge in [0.15, 0.2) is 0 Å². The van der Waals surface area contributed by atoms with Crippen LogP contribution in [0.1, 0.15) is 23.3 Å². The molecule has 6 heteroatoms. The molecule has 0 spiro atoms. The van der Waals surface area contributed by atoms with Gasteiger partial charge in [-0.2, -0.15) is 0 Å². The van der Waals surface area contributed by atoms with E-state index < -0.39 is 0 Å². The number of para-hydroxylation sites is 1. The molecule has 1 aliphatic heterocycles. The Morgan fingerprint density at radius 3 is 2.61 bits per heavy atom. The van der Waals surface area contributed by atoms with E-state index in [9.17, 15) is 14.4 Å². The van der Waals surface area contributed by atoms with E-state index in [-0.39, 0.29) is 29.0 Å². The molecule has 2 N–H and O–H groups in total. The number of aromatic nitrogens is 1. The zero-order valence-electron chi connectivity index (χ0n) is 15.4. The highest BCUT2D eigenvalue weighted by molar-refractivity contribution is 5.97. The molecule has 2 aromatic carbocycles. The minimum Gasteiger partial charge on any atom is -0.337 e. The molecule has 142 valence electrons. The maximum atomic E-state index is 12.9. The van der Waals surface area contributed by atoms with Crippen molar-refractivity contribution in [3.63, 3.8) is 0 Å². The summed E-state index contributed by atoms with van der Waals surface area (Å²) in [6.07, 6.45) is 1.48. The zero-order chi connectivity index (χ0) is 19.5. The number of nitrogens with zero attached hydrogens (tertiary/aromatic N) is 1. The van der Waals surface area contributed by atoms with Gasteiger partial charge in [0.05, 0.1) is 5.92 Å². The number of piperidine rings is 1. The summed E-state index contributed by atoms with van der Waals surface area (Å²) in [4.78, 5) is 42.1. The van der Waals surface area contributed by atoms with Crippen LogP contribution in [0.2, 0.25) is 0 Å². The predicted octanol–water partition coefficient (Wildman–Crippen LogP) is 3.02. The van der Waals surface area contributed by atoms with Gasteiger partial charge in [0.25, 0.3) is 11.5 Å². The van der Waals surface area contributed by atoms with Crippen LogP contribution in [-0.2, 0) is 4.79 Å². The van der Waals surface area contributed by atoms with Crippen molar-refractivity contribution in [1.82, 2.24) is 9.88 Å². The molecule has 1 fully saturated rings. The average molecular weight is 375 g/mol. The lowest BCUT2D eigenvalue weighted by molar-refractivity contribution is -0.121. The Hall–Kier alpha value is -3.41. The van der Waals surface area contributed by atoms with Gasteiger partial charge in [-0.05, 0) is 42.5 Å². The maximum Gasteiger partial charge on any atom is 0.270 e. The Labute approximate surface area is 162 Å². The number of hydrogen-bond acceptors (Lipinski definition) is 3. The van der Waals surface area contributed by atoms with E-state index in [1.807, 2.05) is 42.5 Å². The van der Waals surface area contributed by atoms with Crippen molar-refractivity contribution in [1.29, 1.82) is 0 Å². The molecule has 28 heavy (non-hydrogen) atoms. The molecule has 3 aromatic rings. The topological polar surface area (TPSA) is 82.3 Å². The van der Waals surface area contributed by atoms with Gasteiger partial charge >= 0.3 is 0 Å². The van der Waals surface area contributed by atoms with Crippen molar-refractivity contribution in [3.05, 3.63) is 76.7 Å². The first kappa shape index (κ1) is 18.0. The number of likely N-dealkylation sites (tertiary alicyclic amines) is 1. The van der Waals surface area contributed by atoms with E-state index in [2.05, 4.69) is 10.3 Å². The van der Waals surface area contributed by atoms with E-state index in [1.165, 1.54) is 0 Å². The van der Waals surface area contributed by atoms with Gasteiger partial charge in [-0.3, -0.25) is 14.4 Å². The van der Waals surface area contributed by atoms with Crippen LogP contribution in [0, 0.1) is 5.92 Å². The number of aromatic amines is 1. The molecule has 1 atom stereocenters. The molecule has 6 nitrogen and oxygen atoms in total. The summed E-state index contributed by atoms with van der Waals surface area (Å²) < 4.78 is 0. The van der Waals surface area contributed by atoms with Gasteiger partial charge in [-0.15, -0.1) is 0 Å². The number of H-pyrrole nitrogens is 1. The second-order valence-corrected chi connectivity index (χ2v) is 7.04. The highest BCUT2D eigenvalue weighted by Crippen LogP contribution is 2.21. The van der Waals surface area contributed by atoms with Crippen LogP contribution < -0.4 is 10.9 Å². The van der Waals surface area contributed by atoms with Crippen molar-refractivity contribution < 1.29 is 9.59 Å². The van der Waals surface area contributed by atoms with Gasteiger partial charge in [0.2, 0.25) is 5.91 Å². The molecule has 1 unspecified atom stereocenters. The van der Waals surface area contributed by atoms with E-state index in [0.717, 1.165) is 23.9 Å². The van der Waals surface area contributed by atoms with Crippen molar-refractivity contribution in [2.45, 2.75) is 12.8 Å². The van der Waals surface area contributed by atoms with Gasteiger partial charge in [0, 0.05) is 24.2 Å². The summed E-state index contributed by atoms with van der Waals surface area (Å²) in [5, 5.41) is 4.19. The second kappa shape index (κ2) is 7.68. The van der Waals surface area contributed by atoms with Crippen molar-refractivity contribution >= 4 is 28.3 Å². The molecule has 0 saturated carbocycles. The van der Waals surface area contributed by atoms with Crippen LogP contribution >= 0.6 is 0 Å². The van der Waals surface area contributed by atoms with Crippen molar-refractivity contribution in [2.75, 3.05) is 18.4 Å². The number of carbonyl (C=O) groups excluding carboxylic acids is 2. The third-order valence-corrected chi connectivity index (χ3v) is 5.10. The molecule has 4 rings (SSSR count). The highest BCUT2D eigenvalue weighted by atomic mass is 16.2. The highest BCUT2D eigenvalue weighted by Gasteiger charge is 2.29. The maximum absolute atomic E-state index is 12.9. The Balaban J connectivity index is 1.50. The number of anilines is 1. The smallest absolute Gasteiger partial charge is 0.270 e. The number of amides is 2. The molecule has 0 bridgehead atoms. The quantitative estimate of drug-likeness (QED) is 0.738. The Morgan fingerprint density at radius 1 is 1.04 bits per heavy atom. The standard InChI is InChI=1S/C22H21N3O3/c26-20(23-17-9-2-1-3-10-17)16-8-6-12-25(14-16)22(28)19-13-15-7-4-5-11-18(15)21(27)24-19/h1-5,7,9-11,13,16H,6,8,12,14H2,(H,23,26)(H,24,27). The minimum absolute atomic E-state index is 0.0873. The number of hydrogen-bond donors (Lipinski definition) is 2. The number of nitrogens with one attached hydrogen (secondary N) is 2. The fraction of sp³-hybridized carbons (Fsp3) is 0.227. The van der Waals surface area contributed by atoms with Gasteiger partial charge in [0.1, 0.15) is 5.69 Å². The minimum atomic E-state index is -0.281. The predicted molar refractivity (Wildman–Crippen MR) is 108 cm³/mol. The third-order valence-electron chi connectivity index (χ3n) is 5.10. The van der Waals surface area contributed by atoms with E-state index in [1.54, 1.807) is 23.1 Å². The number of carbonyl (C=O) groups is 2. The fourth-order valence-corrected chi connectivity index (χ4v) is 3.64. The normalized spacial score (nSPS) is 16.7. The van der Waals surface area contributed by atoms with Gasteiger partial charge in [-0.1, -0.05) is 36.4 Å². The molecule has 1 saturated heterocycles. The van der Waals surface area contributed by atoms with Crippen LogP contribution in [0.3, 0.4) is 0 Å². The summed E-state index contributed by atoms with van der Waals surface area (Å²) in [6, 6.07) is 18.2. The van der Waals surface area contributed by atoms with Crippen LogP contribution in [0.25, 0.3) is 10.8 Å². The van der Waals surface area contributed by atoms with Crippen LogP contribution in [0.4, 0.5) is 5.69 Å². The Kier molecular flexibility index (Phi) is 4.93. The lowest BCUT2D eigenvalue weighted by Gasteiger charge is -2.32. The largest absolute Gasteiger partial charge is 0.337 e. The van der Waals surface area contributed by atoms with Crippen LogP contribution in [0.5, 0.6) is 0 Å². The zero-order valence-corrected chi connectivity index (χ0v) is 15.4. The lowest BCUT2D eigenvalue weighted by Crippen LogP contribution is -2.44. The molecular formula is C22H21N3O3. The molecule has 1 aromatic heterocycles. The molecular weight excluding hydrogens is 354 g/mol. The summed E-state index contributed by atoms with van der Waals surface area (Å²) in [5.74, 6) is -0.610. The first-order valence-electron chi connectivity index (χ1n) is 9.39. The van der Waals surface area contributed by atoms with Gasteiger partial charge < -0.3 is 15.2 Å². The Morgan fingerprint density at radius 2 is 1.79 bits per heavy atom. The third kappa shape index (κ3) is 3.67. The summed E-state index contributed by atoms with van der Waals surface area (Å²) in [6.45, 7) is 0.912. The van der Waals surface area contributed by atoms with Crippen molar-refractivity contribution in [3.8, 4) is 0 Å². The van der Waals surface area contributed by atoms with Crippen LogP contribution in [-0.4, -0.2) is 34.8 Å². The van der Waals surface area contributed by atoms with E-state index in [4.69, 9.17) is 0 Å². The van der Waals surface area contributed by atoms with E-state index in [0.29, 0.717) is 18.5 Å². The molecule has 2 heterocycles. The SMILES string of the molecule is O=C(Nc1ccccc1)C1CCCN(C(=O)c2cc3ccccc3c(=O)[nH]2)C1. The monoisotopic (exact) mass is 375 g/mol. The fourth-order valence-electron chi connectivity index (χ4n) is 3.64. The summed E-state index contributed by atoms with van der Waals surface area (Å²) in [7, 11) is 0. The number of fused-ring (bicyclic) bond motifs is 1. The average Bonchev–Trinajstić information content (AvgIpc) is 2.74. The first-order valence-corrected chi connectivity index (χ1v) is 9.39. The first-order chi connectivity index (χ1) is 13.6. The summed E-state index contributed by atoms with van der Waals surface area (Å²) >= 11 is 0. The molecule has 0 aliphatic carbocycles. The second-order valence-electron chi connectivity index (χ2n) is 7.04. The number of benzene rings is 2. The summed E-state index contributed by atoms with van der Waals surface area (Å²) in [5.41, 5.74) is 0.722.